The zero-order valence-electron chi connectivity index (χ0n) is 8.53. The van der Waals surface area contributed by atoms with Gasteiger partial charge in [0.25, 0.3) is 0 Å². The summed E-state index contributed by atoms with van der Waals surface area (Å²) in [5.41, 5.74) is 8.26. The van der Waals surface area contributed by atoms with Gasteiger partial charge in [-0.25, -0.2) is 0 Å². The number of nitrogens with one attached hydrogen (secondary N) is 1. The van der Waals surface area contributed by atoms with Crippen LogP contribution in [0.1, 0.15) is 11.5 Å². The molecule has 0 amide bonds. The van der Waals surface area contributed by atoms with Crippen molar-refractivity contribution in [1.82, 2.24) is 5.16 Å². The van der Waals surface area contributed by atoms with Gasteiger partial charge in [-0.1, -0.05) is 5.16 Å². The van der Waals surface area contributed by atoms with E-state index >= 15 is 0 Å². The Labute approximate surface area is 88.1 Å². The maximum absolute atomic E-state index is 5.58. The average Bonchev–Trinajstić information content (AvgIpc) is 2.64. The van der Waals surface area contributed by atoms with Crippen LogP contribution in [0.5, 0.6) is 0 Å². The number of nitrogens with zero attached hydrogens (tertiary/aromatic N) is 1. The highest BCUT2D eigenvalue weighted by atomic mass is 16.5. The number of aryl methyl sites for hydroxylation is 1. The monoisotopic (exact) mass is 203 g/mol. The molecule has 1 aromatic heterocycles. The van der Waals surface area contributed by atoms with Crippen molar-refractivity contribution in [1.29, 1.82) is 0 Å². The maximum atomic E-state index is 5.58. The topological polar surface area (TPSA) is 64.1 Å². The first-order valence-corrected chi connectivity index (χ1v) is 4.75. The van der Waals surface area contributed by atoms with E-state index in [1.807, 2.05) is 37.3 Å². The molecular formula is C11H13N3O. The summed E-state index contributed by atoms with van der Waals surface area (Å²) >= 11 is 0. The fraction of sp³-hybridized carbons (Fsp3) is 0.182. The zero-order chi connectivity index (χ0) is 10.7. The lowest BCUT2D eigenvalue weighted by molar-refractivity contribution is 0.391. The smallest absolute Gasteiger partial charge is 0.133 e. The van der Waals surface area contributed by atoms with Crippen LogP contribution in [-0.2, 0) is 6.54 Å². The van der Waals surface area contributed by atoms with Crippen molar-refractivity contribution in [2.75, 3.05) is 11.1 Å². The predicted octanol–water partition coefficient (Wildman–Crippen LogP) is 2.18. The Morgan fingerprint density at radius 1 is 1.33 bits per heavy atom. The molecule has 1 heterocycles. The van der Waals surface area contributed by atoms with E-state index in [4.69, 9.17) is 10.3 Å². The lowest BCUT2D eigenvalue weighted by Gasteiger charge is -2.03. The number of nitrogen functional groups attached to an aromatic ring is 1. The highest BCUT2D eigenvalue weighted by molar-refractivity contribution is 5.51. The van der Waals surface area contributed by atoms with Crippen molar-refractivity contribution in [3.8, 4) is 0 Å². The summed E-state index contributed by atoms with van der Waals surface area (Å²) in [4.78, 5) is 0. The molecule has 78 valence electrons. The summed E-state index contributed by atoms with van der Waals surface area (Å²) < 4.78 is 4.96. The molecule has 3 N–H and O–H groups in total. The maximum Gasteiger partial charge on any atom is 0.133 e. The van der Waals surface area contributed by atoms with Gasteiger partial charge in [0.2, 0.25) is 0 Å². The van der Waals surface area contributed by atoms with Gasteiger partial charge in [-0.05, 0) is 31.2 Å². The third-order valence-corrected chi connectivity index (χ3v) is 2.06. The number of hydrogen-bond donors (Lipinski definition) is 2. The van der Waals surface area contributed by atoms with E-state index < -0.39 is 0 Å². The van der Waals surface area contributed by atoms with E-state index in [-0.39, 0.29) is 0 Å². The molecule has 0 aliphatic heterocycles. The molecule has 4 nitrogen and oxygen atoms in total. The Morgan fingerprint density at radius 3 is 2.67 bits per heavy atom. The Kier molecular flexibility index (Phi) is 2.58. The first kappa shape index (κ1) is 9.58. The third kappa shape index (κ3) is 2.49. The highest BCUT2D eigenvalue weighted by Gasteiger charge is 1.99. The van der Waals surface area contributed by atoms with E-state index in [9.17, 15) is 0 Å². The molecule has 1 aromatic carbocycles. The standard InChI is InChI=1S/C11H13N3O/c1-8-6-11(14-15-8)7-13-10-4-2-9(12)3-5-10/h2-6,13H,7,12H2,1H3. The van der Waals surface area contributed by atoms with Crippen LogP contribution in [-0.4, -0.2) is 5.16 Å². The second-order valence-electron chi connectivity index (χ2n) is 3.40. The van der Waals surface area contributed by atoms with E-state index in [1.54, 1.807) is 0 Å². The van der Waals surface area contributed by atoms with Crippen LogP contribution >= 0.6 is 0 Å². The van der Waals surface area contributed by atoms with Gasteiger partial charge in [-0.15, -0.1) is 0 Å². The van der Waals surface area contributed by atoms with Gasteiger partial charge in [0.15, 0.2) is 0 Å². The van der Waals surface area contributed by atoms with Crippen molar-refractivity contribution in [2.24, 2.45) is 0 Å². The van der Waals surface area contributed by atoms with Crippen LogP contribution < -0.4 is 11.1 Å². The van der Waals surface area contributed by atoms with Crippen LogP contribution in [0.25, 0.3) is 0 Å². The molecule has 0 aliphatic rings. The molecule has 0 atom stereocenters. The van der Waals surface area contributed by atoms with Crippen LogP contribution in [0, 0.1) is 6.92 Å². The summed E-state index contributed by atoms with van der Waals surface area (Å²) in [6.07, 6.45) is 0. The van der Waals surface area contributed by atoms with Gasteiger partial charge in [0.1, 0.15) is 11.5 Å². The molecule has 0 fully saturated rings. The zero-order valence-corrected chi connectivity index (χ0v) is 8.53. The second kappa shape index (κ2) is 4.04. The molecule has 0 radical (unpaired) electrons. The fourth-order valence-corrected chi connectivity index (χ4v) is 1.29. The first-order chi connectivity index (χ1) is 7.24. The SMILES string of the molecule is Cc1cc(CNc2ccc(N)cc2)no1. The molecule has 2 rings (SSSR count). The van der Waals surface area contributed by atoms with Gasteiger partial charge < -0.3 is 15.6 Å². The van der Waals surface area contributed by atoms with Gasteiger partial charge in [-0.2, -0.15) is 0 Å². The van der Waals surface area contributed by atoms with Crippen molar-refractivity contribution >= 4 is 11.4 Å². The Morgan fingerprint density at radius 2 is 2.07 bits per heavy atom. The van der Waals surface area contributed by atoms with Crippen molar-refractivity contribution in [3.05, 3.63) is 41.8 Å². The van der Waals surface area contributed by atoms with Gasteiger partial charge in [-0.3, -0.25) is 0 Å². The van der Waals surface area contributed by atoms with Crippen molar-refractivity contribution < 1.29 is 4.52 Å². The summed E-state index contributed by atoms with van der Waals surface area (Å²) in [6, 6.07) is 9.49. The minimum absolute atomic E-state index is 0.654. The number of aromatic nitrogens is 1. The van der Waals surface area contributed by atoms with Gasteiger partial charge >= 0.3 is 0 Å². The summed E-state index contributed by atoms with van der Waals surface area (Å²) in [7, 11) is 0. The summed E-state index contributed by atoms with van der Waals surface area (Å²) in [6.45, 7) is 2.53. The first-order valence-electron chi connectivity index (χ1n) is 4.75. The van der Waals surface area contributed by atoms with E-state index in [0.717, 1.165) is 22.8 Å². The van der Waals surface area contributed by atoms with Gasteiger partial charge in [0.05, 0.1) is 6.54 Å². The number of benzene rings is 1. The number of hydrogen-bond acceptors (Lipinski definition) is 4. The Balaban J connectivity index is 1.96. The Hall–Kier alpha value is -1.97. The minimum atomic E-state index is 0.654. The molecule has 4 heteroatoms. The molecule has 0 spiro atoms. The fourth-order valence-electron chi connectivity index (χ4n) is 1.29. The highest BCUT2D eigenvalue weighted by Crippen LogP contribution is 2.12. The quantitative estimate of drug-likeness (QED) is 0.750. The van der Waals surface area contributed by atoms with E-state index in [0.29, 0.717) is 6.54 Å². The molecule has 0 saturated carbocycles. The van der Waals surface area contributed by atoms with Crippen LogP contribution in [0.2, 0.25) is 0 Å². The predicted molar refractivity (Wildman–Crippen MR) is 59.4 cm³/mol. The van der Waals surface area contributed by atoms with Crippen LogP contribution in [0.4, 0.5) is 11.4 Å². The van der Waals surface area contributed by atoms with Crippen molar-refractivity contribution in [3.63, 3.8) is 0 Å². The lowest BCUT2D eigenvalue weighted by Crippen LogP contribution is -1.99. The summed E-state index contributed by atoms with van der Waals surface area (Å²) in [5.74, 6) is 0.823. The van der Waals surface area contributed by atoms with Gasteiger partial charge in [0, 0.05) is 17.4 Å². The normalized spacial score (nSPS) is 10.2. The van der Waals surface area contributed by atoms with Crippen LogP contribution in [0.3, 0.4) is 0 Å². The molecule has 0 unspecified atom stereocenters. The van der Waals surface area contributed by atoms with Crippen molar-refractivity contribution in [2.45, 2.75) is 13.5 Å². The molecular weight excluding hydrogens is 190 g/mol. The largest absolute Gasteiger partial charge is 0.399 e. The molecule has 0 aliphatic carbocycles. The number of nitrogens with two attached hydrogens (primary N) is 1. The Bertz CT molecular complexity index is 433. The molecule has 15 heavy (non-hydrogen) atoms. The van der Waals surface area contributed by atoms with E-state index in [1.165, 1.54) is 0 Å². The van der Waals surface area contributed by atoms with Crippen LogP contribution in [0.15, 0.2) is 34.9 Å². The molecule has 0 bridgehead atoms. The summed E-state index contributed by atoms with van der Waals surface area (Å²) in [5, 5.41) is 7.11. The average molecular weight is 203 g/mol. The number of rotatable bonds is 3. The second-order valence-corrected chi connectivity index (χ2v) is 3.40. The molecule has 2 aromatic rings. The lowest BCUT2D eigenvalue weighted by atomic mass is 10.3. The minimum Gasteiger partial charge on any atom is -0.399 e. The molecule has 0 saturated heterocycles. The third-order valence-electron chi connectivity index (χ3n) is 2.06. The number of anilines is 2. The van der Waals surface area contributed by atoms with E-state index in [2.05, 4.69) is 10.5 Å².